The molecule has 0 spiro atoms. The summed E-state index contributed by atoms with van der Waals surface area (Å²) < 4.78 is 0. The maximum absolute atomic E-state index is 12.1. The normalized spacial score (nSPS) is 21.3. The number of carbonyl (C=O) groups excluding carboxylic acids is 1. The third-order valence-corrected chi connectivity index (χ3v) is 4.67. The predicted octanol–water partition coefficient (Wildman–Crippen LogP) is 3.94. The Morgan fingerprint density at radius 1 is 0.739 bits per heavy atom. The molecule has 120 valence electrons. The Morgan fingerprint density at radius 3 is 1.61 bits per heavy atom. The van der Waals surface area contributed by atoms with Gasteiger partial charge in [0.25, 0.3) is 0 Å². The molecule has 1 N–H and O–H groups in total. The molecule has 0 amide bonds. The first-order valence-electron chi connectivity index (χ1n) is 8.65. The Bertz CT molecular complexity index is 555. The van der Waals surface area contributed by atoms with Crippen molar-refractivity contribution in [1.29, 1.82) is 0 Å². The van der Waals surface area contributed by atoms with E-state index in [1.807, 2.05) is 12.1 Å². The third-order valence-electron chi connectivity index (χ3n) is 4.67. The van der Waals surface area contributed by atoms with Gasteiger partial charge in [0, 0.05) is 24.9 Å². The Hall–Kier alpha value is -1.93. The Kier molecular flexibility index (Phi) is 5.60. The highest BCUT2D eigenvalue weighted by Crippen LogP contribution is 2.18. The van der Waals surface area contributed by atoms with Crippen molar-refractivity contribution in [3.63, 3.8) is 0 Å². The topological polar surface area (TPSA) is 29.1 Å². The van der Waals surface area contributed by atoms with Crippen LogP contribution in [-0.4, -0.2) is 17.9 Å². The molecule has 3 rings (SSSR count). The highest BCUT2D eigenvalue weighted by Gasteiger charge is 2.25. The number of aryl methyl sites for hydroxylation is 2. The summed E-state index contributed by atoms with van der Waals surface area (Å²) in [7, 11) is 0. The first-order chi connectivity index (χ1) is 11.3. The zero-order valence-electron chi connectivity index (χ0n) is 13.6. The van der Waals surface area contributed by atoms with E-state index in [0.29, 0.717) is 30.7 Å². The van der Waals surface area contributed by atoms with Crippen molar-refractivity contribution < 1.29 is 4.79 Å². The number of nitrogens with one attached hydrogen (secondary N) is 1. The Morgan fingerprint density at radius 2 is 1.17 bits per heavy atom. The van der Waals surface area contributed by atoms with E-state index in [9.17, 15) is 4.79 Å². The van der Waals surface area contributed by atoms with Gasteiger partial charge in [0.2, 0.25) is 0 Å². The first-order valence-corrected chi connectivity index (χ1v) is 8.65. The van der Waals surface area contributed by atoms with Crippen molar-refractivity contribution in [3.8, 4) is 0 Å². The van der Waals surface area contributed by atoms with E-state index in [-0.39, 0.29) is 0 Å². The molecule has 2 aromatic rings. The van der Waals surface area contributed by atoms with Crippen LogP contribution in [0.15, 0.2) is 60.7 Å². The predicted molar refractivity (Wildman–Crippen MR) is 94.5 cm³/mol. The summed E-state index contributed by atoms with van der Waals surface area (Å²) >= 11 is 0. The fourth-order valence-electron chi connectivity index (χ4n) is 3.43. The van der Waals surface area contributed by atoms with Gasteiger partial charge in [-0.15, -0.1) is 0 Å². The molecule has 2 atom stereocenters. The van der Waals surface area contributed by atoms with Gasteiger partial charge >= 0.3 is 0 Å². The number of carbonyl (C=O) groups is 1. The minimum Gasteiger partial charge on any atom is -0.310 e. The third kappa shape index (κ3) is 5.04. The smallest absolute Gasteiger partial charge is 0.136 e. The molecule has 0 aliphatic carbocycles. The number of benzene rings is 2. The Labute approximate surface area is 138 Å². The SMILES string of the molecule is O=C1C[C@@H](CCc2ccccc2)N[C@@H](CCc2ccccc2)C1. The lowest BCUT2D eigenvalue weighted by molar-refractivity contribution is -0.121. The summed E-state index contributed by atoms with van der Waals surface area (Å²) in [6.45, 7) is 0. The van der Waals surface area contributed by atoms with Crippen LogP contribution >= 0.6 is 0 Å². The summed E-state index contributed by atoms with van der Waals surface area (Å²) in [5.41, 5.74) is 2.71. The van der Waals surface area contributed by atoms with Crippen LogP contribution in [-0.2, 0) is 17.6 Å². The van der Waals surface area contributed by atoms with Crippen LogP contribution in [0.5, 0.6) is 0 Å². The largest absolute Gasteiger partial charge is 0.310 e. The van der Waals surface area contributed by atoms with Crippen molar-refractivity contribution in [2.75, 3.05) is 0 Å². The maximum Gasteiger partial charge on any atom is 0.136 e. The lowest BCUT2D eigenvalue weighted by Gasteiger charge is -2.30. The van der Waals surface area contributed by atoms with Crippen LogP contribution < -0.4 is 5.32 Å². The molecule has 1 fully saturated rings. The lowest BCUT2D eigenvalue weighted by Crippen LogP contribution is -2.46. The van der Waals surface area contributed by atoms with Crippen LogP contribution in [0.3, 0.4) is 0 Å². The minimum absolute atomic E-state index is 0.331. The van der Waals surface area contributed by atoms with E-state index in [1.54, 1.807) is 0 Å². The molecule has 0 bridgehead atoms. The molecule has 0 radical (unpaired) electrons. The van der Waals surface area contributed by atoms with E-state index < -0.39 is 0 Å². The van der Waals surface area contributed by atoms with Crippen LogP contribution in [0.4, 0.5) is 0 Å². The molecular formula is C21H25NO. The van der Waals surface area contributed by atoms with Gasteiger partial charge < -0.3 is 5.32 Å². The zero-order valence-corrected chi connectivity index (χ0v) is 13.6. The van der Waals surface area contributed by atoms with Gasteiger partial charge in [-0.25, -0.2) is 0 Å². The molecule has 0 unspecified atom stereocenters. The number of rotatable bonds is 6. The summed E-state index contributed by atoms with van der Waals surface area (Å²) in [4.78, 5) is 12.1. The summed E-state index contributed by atoms with van der Waals surface area (Å²) in [5, 5.41) is 3.70. The first kappa shape index (κ1) is 15.9. The second kappa shape index (κ2) is 8.07. The molecule has 1 aliphatic heterocycles. The number of piperidine rings is 1. The quantitative estimate of drug-likeness (QED) is 0.876. The van der Waals surface area contributed by atoms with E-state index in [4.69, 9.17) is 0 Å². The van der Waals surface area contributed by atoms with Gasteiger partial charge in [0.15, 0.2) is 0 Å². The summed E-state index contributed by atoms with van der Waals surface area (Å²) in [6, 6.07) is 21.7. The van der Waals surface area contributed by atoms with Gasteiger partial charge in [-0.2, -0.15) is 0 Å². The maximum atomic E-state index is 12.1. The van der Waals surface area contributed by atoms with Gasteiger partial charge in [-0.3, -0.25) is 4.79 Å². The van der Waals surface area contributed by atoms with Crippen molar-refractivity contribution in [1.82, 2.24) is 5.32 Å². The molecule has 23 heavy (non-hydrogen) atoms. The molecular weight excluding hydrogens is 282 g/mol. The van der Waals surface area contributed by atoms with Crippen LogP contribution in [0.2, 0.25) is 0 Å². The van der Waals surface area contributed by atoms with Gasteiger partial charge in [0.05, 0.1) is 0 Å². The van der Waals surface area contributed by atoms with E-state index >= 15 is 0 Å². The number of hydrogen-bond donors (Lipinski definition) is 1. The minimum atomic E-state index is 0.331. The number of ketones is 1. The molecule has 0 saturated carbocycles. The fraction of sp³-hybridized carbons (Fsp3) is 0.381. The molecule has 2 heteroatoms. The zero-order chi connectivity index (χ0) is 15.9. The second-order valence-electron chi connectivity index (χ2n) is 6.56. The number of Topliss-reactive ketones (excluding diaryl/α,β-unsaturated/α-hetero) is 1. The van der Waals surface area contributed by atoms with Crippen LogP contribution in [0.1, 0.15) is 36.8 Å². The van der Waals surface area contributed by atoms with Crippen molar-refractivity contribution in [2.45, 2.75) is 50.6 Å². The van der Waals surface area contributed by atoms with E-state index in [2.05, 4.69) is 53.8 Å². The van der Waals surface area contributed by atoms with Gasteiger partial charge in [0.1, 0.15) is 5.78 Å². The molecule has 1 heterocycles. The Balaban J connectivity index is 1.49. The standard InChI is InChI=1S/C21H25NO/c23-21-15-19(13-11-17-7-3-1-4-8-17)22-20(16-21)14-12-18-9-5-2-6-10-18/h1-10,19-20,22H,11-16H2/t19-,20+. The molecule has 1 aliphatic rings. The number of hydrogen-bond acceptors (Lipinski definition) is 2. The molecule has 2 aromatic carbocycles. The van der Waals surface area contributed by atoms with E-state index in [0.717, 1.165) is 25.7 Å². The van der Waals surface area contributed by atoms with Crippen molar-refractivity contribution in [2.24, 2.45) is 0 Å². The highest BCUT2D eigenvalue weighted by atomic mass is 16.1. The summed E-state index contributed by atoms with van der Waals surface area (Å²) in [5.74, 6) is 0.417. The van der Waals surface area contributed by atoms with Crippen molar-refractivity contribution >= 4 is 5.78 Å². The van der Waals surface area contributed by atoms with Gasteiger partial charge in [-0.05, 0) is 36.8 Å². The lowest BCUT2D eigenvalue weighted by atomic mass is 9.90. The molecule has 1 saturated heterocycles. The average molecular weight is 307 g/mol. The molecule has 2 nitrogen and oxygen atoms in total. The van der Waals surface area contributed by atoms with Gasteiger partial charge in [-0.1, -0.05) is 60.7 Å². The fourth-order valence-corrected chi connectivity index (χ4v) is 3.43. The second-order valence-corrected chi connectivity index (χ2v) is 6.56. The van der Waals surface area contributed by atoms with Crippen LogP contribution in [0.25, 0.3) is 0 Å². The van der Waals surface area contributed by atoms with E-state index in [1.165, 1.54) is 11.1 Å². The van der Waals surface area contributed by atoms with Crippen molar-refractivity contribution in [3.05, 3.63) is 71.8 Å². The highest BCUT2D eigenvalue weighted by molar-refractivity contribution is 5.80. The molecule has 0 aromatic heterocycles. The van der Waals surface area contributed by atoms with Crippen LogP contribution in [0, 0.1) is 0 Å². The monoisotopic (exact) mass is 307 g/mol. The summed E-state index contributed by atoms with van der Waals surface area (Å²) in [6.07, 6.45) is 5.53. The average Bonchev–Trinajstić information content (AvgIpc) is 2.60.